The van der Waals surface area contributed by atoms with Gasteiger partial charge >= 0.3 is 0 Å². The molecule has 0 unspecified atom stereocenters. The number of likely N-dealkylation sites (tertiary alicyclic amines) is 2. The van der Waals surface area contributed by atoms with Crippen LogP contribution in [0.5, 0.6) is 5.75 Å². The minimum Gasteiger partial charge on any atom is -0.497 e. The number of carbonyl (C=O) groups excluding carboxylic acids is 2. The lowest BCUT2D eigenvalue weighted by Gasteiger charge is -2.36. The molecule has 12 heteroatoms. The van der Waals surface area contributed by atoms with E-state index in [-0.39, 0.29) is 33.1 Å². The quantitative estimate of drug-likeness (QED) is 0.289. The van der Waals surface area contributed by atoms with Gasteiger partial charge in [0.05, 0.1) is 36.3 Å². The van der Waals surface area contributed by atoms with E-state index in [1.54, 1.807) is 27.4 Å². The number of carbonyl (C=O) groups is 2. The lowest BCUT2D eigenvalue weighted by molar-refractivity contribution is -0.137. The van der Waals surface area contributed by atoms with E-state index >= 15 is 4.79 Å². The highest BCUT2D eigenvalue weighted by molar-refractivity contribution is 7.93. The van der Waals surface area contributed by atoms with Gasteiger partial charge in [0.25, 0.3) is 15.9 Å². The van der Waals surface area contributed by atoms with E-state index in [2.05, 4.69) is 44.8 Å². The smallest absolute Gasteiger partial charge is 0.265 e. The van der Waals surface area contributed by atoms with E-state index in [9.17, 15) is 13.2 Å². The minimum atomic E-state index is -4.03. The number of aromatic nitrogens is 1. The molecule has 2 amide bonds. The molecule has 2 saturated heterocycles. The predicted octanol–water partition coefficient (Wildman–Crippen LogP) is 5.50. The average molecular weight is 745 g/mol. The van der Waals surface area contributed by atoms with Crippen LogP contribution in [0, 0.1) is 16.2 Å². The highest BCUT2D eigenvalue weighted by atomic mass is 32.2. The van der Waals surface area contributed by atoms with Gasteiger partial charge in [-0.3, -0.25) is 9.59 Å². The molecule has 284 valence electrons. The third kappa shape index (κ3) is 5.57. The normalized spacial score (nSPS) is 28.2. The second-order valence-electron chi connectivity index (χ2n) is 16.7. The molecule has 4 atom stereocenters. The molecule has 0 spiro atoms. The zero-order valence-electron chi connectivity index (χ0n) is 31.6. The lowest BCUT2D eigenvalue weighted by Crippen LogP contribution is -2.46. The summed E-state index contributed by atoms with van der Waals surface area (Å²) in [4.78, 5) is 33.2. The molecule has 2 aromatic carbocycles. The summed E-state index contributed by atoms with van der Waals surface area (Å²) in [5, 5.41) is 1.05. The Morgan fingerprint density at radius 1 is 0.925 bits per heavy atom. The van der Waals surface area contributed by atoms with Crippen LogP contribution in [-0.4, -0.2) is 102 Å². The van der Waals surface area contributed by atoms with Crippen molar-refractivity contribution in [1.29, 1.82) is 0 Å². The number of benzene rings is 2. The van der Waals surface area contributed by atoms with Crippen LogP contribution in [0.4, 0.5) is 0 Å². The molecule has 2 saturated carbocycles. The maximum absolute atomic E-state index is 15.4. The van der Waals surface area contributed by atoms with Crippen molar-refractivity contribution in [3.63, 3.8) is 0 Å². The first kappa shape index (κ1) is 36.3. The zero-order chi connectivity index (χ0) is 37.5. The van der Waals surface area contributed by atoms with Gasteiger partial charge in [0.15, 0.2) is 0 Å². The number of nitrogens with one attached hydrogen (secondary N) is 1. The van der Waals surface area contributed by atoms with Crippen LogP contribution < -0.4 is 9.46 Å². The maximum Gasteiger partial charge on any atom is 0.265 e. The number of methoxy groups -OCH3 is 3. The Morgan fingerprint density at radius 2 is 1.60 bits per heavy atom. The summed E-state index contributed by atoms with van der Waals surface area (Å²) >= 11 is 0. The third-order valence-corrected chi connectivity index (χ3v) is 14.7. The molecular weight excluding hydrogens is 693 g/mol. The summed E-state index contributed by atoms with van der Waals surface area (Å²) in [5.41, 5.74) is 4.45. The van der Waals surface area contributed by atoms with Crippen molar-refractivity contribution in [2.75, 3.05) is 67.8 Å². The zero-order valence-corrected chi connectivity index (χ0v) is 32.4. The number of sulfonamides is 1. The van der Waals surface area contributed by atoms with Crippen LogP contribution >= 0.6 is 0 Å². The summed E-state index contributed by atoms with van der Waals surface area (Å²) in [6, 6.07) is 11.8. The van der Waals surface area contributed by atoms with Gasteiger partial charge in [-0.25, -0.2) is 13.1 Å². The average Bonchev–Trinajstić information content (AvgIpc) is 3.60. The van der Waals surface area contributed by atoms with Crippen molar-refractivity contribution in [2.45, 2.75) is 63.8 Å². The van der Waals surface area contributed by atoms with Crippen molar-refractivity contribution in [3.8, 4) is 17.0 Å². The van der Waals surface area contributed by atoms with Crippen LogP contribution in [-0.2, 0) is 30.8 Å². The second kappa shape index (κ2) is 13.0. The summed E-state index contributed by atoms with van der Waals surface area (Å²) < 4.78 is 47.3. The van der Waals surface area contributed by atoms with E-state index in [0.29, 0.717) is 45.2 Å². The first-order chi connectivity index (χ1) is 25.3. The van der Waals surface area contributed by atoms with Crippen molar-refractivity contribution in [1.82, 2.24) is 19.1 Å². The van der Waals surface area contributed by atoms with Crippen LogP contribution in [0.15, 0.2) is 47.9 Å². The van der Waals surface area contributed by atoms with Gasteiger partial charge < -0.3 is 28.6 Å². The van der Waals surface area contributed by atoms with E-state index in [1.165, 1.54) is 18.9 Å². The van der Waals surface area contributed by atoms with E-state index < -0.39 is 21.3 Å². The summed E-state index contributed by atoms with van der Waals surface area (Å²) in [7, 11) is 3.27. The topological polar surface area (TPSA) is 119 Å². The van der Waals surface area contributed by atoms with E-state index in [0.717, 1.165) is 72.2 Å². The Hall–Kier alpha value is -3.71. The molecule has 8 rings (SSSR count). The van der Waals surface area contributed by atoms with Gasteiger partial charge in [-0.2, -0.15) is 0 Å². The highest BCUT2D eigenvalue weighted by Crippen LogP contribution is 2.67. The molecule has 0 bridgehead atoms. The van der Waals surface area contributed by atoms with E-state index in [1.807, 2.05) is 18.2 Å². The number of fused-ring (bicyclic) bond motifs is 8. The predicted molar refractivity (Wildman–Crippen MR) is 203 cm³/mol. The van der Waals surface area contributed by atoms with Crippen LogP contribution in [0.3, 0.4) is 0 Å². The molecular formula is C41H52N4O7S. The van der Waals surface area contributed by atoms with E-state index in [4.69, 9.17) is 14.2 Å². The molecule has 3 aromatic rings. The number of allylic oxidation sites excluding steroid dienone is 1. The first-order valence-electron chi connectivity index (χ1n) is 18.9. The van der Waals surface area contributed by atoms with Gasteiger partial charge in [0, 0.05) is 85.7 Å². The Morgan fingerprint density at radius 3 is 2.23 bits per heavy atom. The Bertz CT molecular complexity index is 2100. The molecule has 53 heavy (non-hydrogen) atoms. The Kier molecular flexibility index (Phi) is 8.87. The number of nitrogens with zero attached hydrogens (tertiary/aromatic N) is 3. The maximum atomic E-state index is 15.4. The third-order valence-electron chi connectivity index (χ3n) is 13.3. The second-order valence-corrected chi connectivity index (χ2v) is 18.6. The molecule has 2 aliphatic carbocycles. The molecule has 1 N–H and O–H groups in total. The summed E-state index contributed by atoms with van der Waals surface area (Å²) in [6.07, 6.45) is 6.33. The fraction of sp³-hybridized carbons (Fsp3) is 0.561. The molecule has 0 radical (unpaired) electrons. The number of amides is 2. The minimum absolute atomic E-state index is 0.0127. The molecule has 1 aromatic heterocycles. The van der Waals surface area contributed by atoms with Gasteiger partial charge in [0.1, 0.15) is 5.75 Å². The summed E-state index contributed by atoms with van der Waals surface area (Å²) in [6.45, 7) is 9.28. The molecule has 5 aliphatic rings. The number of ether oxygens (including phenoxy) is 3. The monoisotopic (exact) mass is 744 g/mol. The molecule has 4 fully saturated rings. The van der Waals surface area contributed by atoms with Crippen LogP contribution in [0.2, 0.25) is 0 Å². The van der Waals surface area contributed by atoms with Crippen molar-refractivity contribution >= 4 is 32.7 Å². The SMILES string of the molecule is C=C(C)S(=O)(=O)NC(=O)c1ccc2c(C3CCCCC3)c3n(c2c1)C[C@@]1(C(=O)N2C[C@]4(COC)CN(C)C[C@]4(COC)C2)C[C@H]1c1cc(OC)ccc1-3. The largest absolute Gasteiger partial charge is 0.497 e. The fourth-order valence-corrected chi connectivity index (χ4v) is 11.4. The van der Waals surface area contributed by atoms with Gasteiger partial charge in [0.2, 0.25) is 5.91 Å². The number of rotatable bonds is 10. The molecule has 11 nitrogen and oxygen atoms in total. The van der Waals surface area contributed by atoms with Gasteiger partial charge in [-0.1, -0.05) is 31.9 Å². The standard InChI is InChI=1S/C41H52N4O7S/c1-26(2)53(48,49)42-37(46)28-12-14-31-34(16-28)45-23-41(38(47)44-21-39(24-50-4)19-43(3)20-40(39,22-44)25-51-5)18-33(41)32-17-29(52-6)13-15-30(32)36(45)35(31)27-10-8-7-9-11-27/h12-17,27,33H,1,7-11,18-25H2,2-6H3,(H,42,46)/t33-,39-,40+,41-/m0/s1. The van der Waals surface area contributed by atoms with Crippen molar-refractivity contribution in [3.05, 3.63) is 64.6 Å². The first-order valence-corrected chi connectivity index (χ1v) is 20.3. The van der Waals surface area contributed by atoms with Crippen molar-refractivity contribution in [2.24, 2.45) is 16.2 Å². The summed E-state index contributed by atoms with van der Waals surface area (Å²) in [5.74, 6) is 0.505. The molecule has 4 heterocycles. The van der Waals surface area contributed by atoms with Crippen molar-refractivity contribution < 1.29 is 32.2 Å². The van der Waals surface area contributed by atoms with Gasteiger partial charge in [-0.05, 0) is 80.6 Å². The van der Waals surface area contributed by atoms with Crippen LogP contribution in [0.1, 0.15) is 78.8 Å². The fourth-order valence-electron chi connectivity index (χ4n) is 10.8. The number of hydrogen-bond donors (Lipinski definition) is 1. The Balaban J connectivity index is 1.29. The highest BCUT2D eigenvalue weighted by Gasteiger charge is 2.69. The molecule has 3 aliphatic heterocycles. The lowest BCUT2D eigenvalue weighted by atomic mass is 9.69. The number of hydrogen-bond acceptors (Lipinski definition) is 8. The Labute approximate surface area is 312 Å². The van der Waals surface area contributed by atoms with Crippen LogP contribution in [0.25, 0.3) is 22.2 Å². The van der Waals surface area contributed by atoms with Gasteiger partial charge in [-0.15, -0.1) is 0 Å².